The lowest BCUT2D eigenvalue weighted by Gasteiger charge is -2.33. The van der Waals surface area contributed by atoms with Crippen molar-refractivity contribution in [2.75, 3.05) is 26.0 Å². The van der Waals surface area contributed by atoms with E-state index in [0.29, 0.717) is 41.2 Å². The van der Waals surface area contributed by atoms with Crippen LogP contribution in [0.3, 0.4) is 0 Å². The molecular formula is C29H30F3N7O3. The summed E-state index contributed by atoms with van der Waals surface area (Å²) in [4.78, 5) is 40.5. The van der Waals surface area contributed by atoms with E-state index in [1.807, 2.05) is 6.92 Å². The summed E-state index contributed by atoms with van der Waals surface area (Å²) in [6, 6.07) is 8.21. The third-order valence-electron chi connectivity index (χ3n) is 7.19. The second-order valence-electron chi connectivity index (χ2n) is 10.3. The molecule has 4 N–H and O–H groups in total. The minimum absolute atomic E-state index is 0.0268. The Morgan fingerprint density at radius 3 is 2.67 bits per heavy atom. The normalized spacial score (nSPS) is 14.9. The number of nitrogens with two attached hydrogens (primary N) is 1. The maximum atomic E-state index is 13.5. The quantitative estimate of drug-likeness (QED) is 0.277. The number of H-pyrrole nitrogens is 1. The van der Waals surface area contributed by atoms with Gasteiger partial charge >= 0.3 is 12.2 Å². The fourth-order valence-corrected chi connectivity index (χ4v) is 5.02. The lowest BCUT2D eigenvalue weighted by Crippen LogP contribution is -2.41. The highest BCUT2D eigenvalue weighted by molar-refractivity contribution is 5.98. The predicted octanol–water partition coefficient (Wildman–Crippen LogP) is 5.47. The number of carbonyl (C=O) groups is 2. The van der Waals surface area contributed by atoms with Crippen LogP contribution in [0.1, 0.15) is 52.1 Å². The van der Waals surface area contributed by atoms with Gasteiger partial charge in [0.2, 0.25) is 0 Å². The number of hydrogen-bond donors (Lipinski definition) is 3. The number of nitrogens with one attached hydrogen (secondary N) is 2. The number of hydrogen-bond acceptors (Lipinski definition) is 6. The number of aromatic amines is 1. The van der Waals surface area contributed by atoms with E-state index in [1.165, 1.54) is 17.0 Å². The van der Waals surface area contributed by atoms with E-state index in [9.17, 15) is 22.8 Å². The van der Waals surface area contributed by atoms with Crippen molar-refractivity contribution in [3.63, 3.8) is 0 Å². The van der Waals surface area contributed by atoms with Crippen LogP contribution in [0.15, 0.2) is 48.8 Å². The summed E-state index contributed by atoms with van der Waals surface area (Å²) < 4.78 is 46.7. The van der Waals surface area contributed by atoms with Crippen LogP contribution in [0.25, 0.3) is 11.0 Å². The van der Waals surface area contributed by atoms with Crippen LogP contribution in [0.5, 0.6) is 11.5 Å². The summed E-state index contributed by atoms with van der Waals surface area (Å²) in [6.07, 6.45) is -0.726. The molecule has 0 fully saturated rings. The van der Waals surface area contributed by atoms with Crippen LogP contribution in [0, 0.1) is 0 Å². The fourth-order valence-electron chi connectivity index (χ4n) is 5.02. The van der Waals surface area contributed by atoms with Gasteiger partial charge in [-0.2, -0.15) is 13.2 Å². The monoisotopic (exact) mass is 581 g/mol. The molecule has 13 heteroatoms. The summed E-state index contributed by atoms with van der Waals surface area (Å²) in [5.41, 5.74) is 7.02. The Labute approximate surface area is 239 Å². The lowest BCUT2D eigenvalue weighted by molar-refractivity contribution is -0.138. The van der Waals surface area contributed by atoms with Crippen molar-refractivity contribution < 1.29 is 27.5 Å². The van der Waals surface area contributed by atoms with Gasteiger partial charge in [-0.3, -0.25) is 9.78 Å². The number of rotatable bonds is 6. The molecule has 42 heavy (non-hydrogen) atoms. The highest BCUT2D eigenvalue weighted by Crippen LogP contribution is 2.36. The van der Waals surface area contributed by atoms with Gasteiger partial charge in [-0.25, -0.2) is 9.78 Å². The number of halogens is 3. The molecule has 10 nitrogen and oxygen atoms in total. The van der Waals surface area contributed by atoms with Crippen LogP contribution in [0.2, 0.25) is 0 Å². The molecule has 0 saturated heterocycles. The van der Waals surface area contributed by atoms with Gasteiger partial charge in [0.25, 0.3) is 5.91 Å². The van der Waals surface area contributed by atoms with Crippen LogP contribution < -0.4 is 15.8 Å². The number of nitrogens with zero attached hydrogens (tertiary/aromatic N) is 4. The van der Waals surface area contributed by atoms with Crippen LogP contribution in [-0.4, -0.2) is 57.3 Å². The van der Waals surface area contributed by atoms with Crippen molar-refractivity contribution in [1.29, 1.82) is 0 Å². The second kappa shape index (κ2) is 11.3. The van der Waals surface area contributed by atoms with Crippen LogP contribution >= 0.6 is 0 Å². The molecule has 1 aliphatic rings. The first-order chi connectivity index (χ1) is 20.0. The molecule has 4 aromatic rings. The molecule has 0 radical (unpaired) electrons. The van der Waals surface area contributed by atoms with Crippen LogP contribution in [-0.2, 0) is 19.3 Å². The average molecular weight is 582 g/mol. The number of pyridine rings is 2. The van der Waals surface area contributed by atoms with E-state index in [2.05, 4.69) is 20.3 Å². The first-order valence-electron chi connectivity index (χ1n) is 13.3. The zero-order chi connectivity index (χ0) is 30.2. The lowest BCUT2D eigenvalue weighted by atomic mass is 9.92. The van der Waals surface area contributed by atoms with E-state index >= 15 is 0 Å². The Hall–Kier alpha value is -4.65. The van der Waals surface area contributed by atoms with Crippen molar-refractivity contribution in [3.05, 3.63) is 76.9 Å². The number of urea groups is 1. The molecule has 0 saturated carbocycles. The van der Waals surface area contributed by atoms with Crippen LogP contribution in [0.4, 0.5) is 23.7 Å². The fraction of sp³-hybridized carbons (Fsp3) is 0.310. The number of anilines is 1. The number of fused-ring (bicyclic) bond motifs is 2. The van der Waals surface area contributed by atoms with Gasteiger partial charge in [0.1, 0.15) is 22.8 Å². The number of amides is 3. The van der Waals surface area contributed by atoms with Gasteiger partial charge in [0.15, 0.2) is 0 Å². The van der Waals surface area contributed by atoms with Crippen molar-refractivity contribution >= 4 is 28.7 Å². The summed E-state index contributed by atoms with van der Waals surface area (Å²) in [7, 11) is 3.31. The number of alkyl halides is 3. The molecular weight excluding hydrogens is 551 g/mol. The highest BCUT2D eigenvalue weighted by atomic mass is 19.4. The zero-order valence-electron chi connectivity index (χ0n) is 23.2. The average Bonchev–Trinajstić information content (AvgIpc) is 3.41. The molecule has 0 unspecified atom stereocenters. The van der Waals surface area contributed by atoms with E-state index in [-0.39, 0.29) is 36.2 Å². The molecule has 1 aliphatic heterocycles. The molecule has 3 aromatic heterocycles. The minimum Gasteiger partial charge on any atom is -0.455 e. The van der Waals surface area contributed by atoms with Gasteiger partial charge in [0, 0.05) is 51.5 Å². The topological polar surface area (TPSA) is 129 Å². The van der Waals surface area contributed by atoms with E-state index in [0.717, 1.165) is 17.3 Å². The van der Waals surface area contributed by atoms with Gasteiger partial charge in [-0.1, -0.05) is 13.0 Å². The first kappa shape index (κ1) is 28.9. The SMILES string of the molecule is CC[C@H]1CN(C(=O)Nc2ccc(CN)c(C(F)(F)F)c2)Cc2cc(Oc3ccnc4[nH]c(C(=O)N(C)C)cc34)cnc21. The number of carbonyl (C=O) groups excluding carboxylic acids is 2. The smallest absolute Gasteiger partial charge is 0.416 e. The van der Waals surface area contributed by atoms with Crippen molar-refractivity contribution in [3.8, 4) is 11.5 Å². The molecule has 220 valence electrons. The Morgan fingerprint density at radius 2 is 1.98 bits per heavy atom. The predicted molar refractivity (Wildman–Crippen MR) is 150 cm³/mol. The minimum atomic E-state index is -4.60. The van der Waals surface area contributed by atoms with E-state index in [4.69, 9.17) is 10.5 Å². The van der Waals surface area contributed by atoms with Gasteiger partial charge in [0.05, 0.1) is 22.8 Å². The molecule has 1 aromatic carbocycles. The van der Waals surface area contributed by atoms with Crippen molar-refractivity contribution in [2.24, 2.45) is 5.73 Å². The third kappa shape index (κ3) is 5.73. The molecule has 3 amide bonds. The van der Waals surface area contributed by atoms with Gasteiger partial charge in [-0.15, -0.1) is 0 Å². The maximum Gasteiger partial charge on any atom is 0.416 e. The van der Waals surface area contributed by atoms with Gasteiger partial charge in [-0.05, 0) is 47.9 Å². The summed E-state index contributed by atoms with van der Waals surface area (Å²) >= 11 is 0. The molecule has 0 aliphatic carbocycles. The maximum absolute atomic E-state index is 13.5. The standard InChI is InChI=1S/C29H30F3N7O3/c1-4-16-14-39(28(41)36-19-6-5-17(12-33)22(10-19)29(30,31)32)15-18-9-20(13-35-25(16)18)42-24-7-8-34-26-21(24)11-23(37-26)27(40)38(2)3/h5-11,13,16H,4,12,14-15,33H2,1-3H3,(H,34,37)(H,36,41)/t16-/m0/s1. The highest BCUT2D eigenvalue weighted by Gasteiger charge is 2.34. The number of ether oxygens (including phenoxy) is 1. The van der Waals surface area contributed by atoms with Gasteiger partial charge < -0.3 is 30.6 Å². The molecule has 4 heterocycles. The summed E-state index contributed by atoms with van der Waals surface area (Å²) in [6.45, 7) is 2.25. The Balaban J connectivity index is 1.38. The second-order valence-corrected chi connectivity index (χ2v) is 10.3. The Kier molecular flexibility index (Phi) is 7.78. The number of aromatic nitrogens is 3. The van der Waals surface area contributed by atoms with Crippen molar-refractivity contribution in [1.82, 2.24) is 24.8 Å². The van der Waals surface area contributed by atoms with Crippen molar-refractivity contribution in [2.45, 2.75) is 38.5 Å². The third-order valence-corrected chi connectivity index (χ3v) is 7.19. The van der Waals surface area contributed by atoms with E-state index < -0.39 is 17.8 Å². The largest absolute Gasteiger partial charge is 0.455 e. The first-order valence-corrected chi connectivity index (χ1v) is 13.3. The Bertz CT molecular complexity index is 1650. The number of benzene rings is 1. The van der Waals surface area contributed by atoms with E-state index in [1.54, 1.807) is 49.6 Å². The Morgan fingerprint density at radius 1 is 1.19 bits per heavy atom. The summed E-state index contributed by atoms with van der Waals surface area (Å²) in [5, 5.41) is 3.22. The zero-order valence-corrected chi connectivity index (χ0v) is 23.2. The summed E-state index contributed by atoms with van der Waals surface area (Å²) in [5.74, 6) is 0.612. The molecule has 0 spiro atoms. The molecule has 1 atom stereocenters. The molecule has 0 bridgehead atoms. The molecule has 5 rings (SSSR count).